The van der Waals surface area contributed by atoms with Gasteiger partial charge in [0.2, 0.25) is 15.9 Å². The molecule has 4 rings (SSSR count). The van der Waals surface area contributed by atoms with Crippen LogP contribution in [0, 0.1) is 11.2 Å². The molecule has 1 atom stereocenters. The minimum atomic E-state index is -3.61. The largest absolute Gasteiger partial charge is 0.369 e. The van der Waals surface area contributed by atoms with Crippen molar-refractivity contribution in [3.63, 3.8) is 0 Å². The Hall–Kier alpha value is -3.04. The molecule has 1 amide bonds. The molecular weight excluding hydrogens is 421 g/mol. The zero-order valence-electron chi connectivity index (χ0n) is 16.7. The van der Waals surface area contributed by atoms with Crippen molar-refractivity contribution in [1.82, 2.24) is 9.46 Å². The molecule has 7 nitrogen and oxygen atoms in total. The molecule has 2 heterocycles. The maximum atomic E-state index is 13.1. The zero-order valence-corrected chi connectivity index (χ0v) is 17.5. The molecule has 3 aromatic rings. The van der Waals surface area contributed by atoms with Crippen LogP contribution in [-0.4, -0.2) is 36.9 Å². The monoisotopic (exact) mass is 443 g/mol. The van der Waals surface area contributed by atoms with Crippen molar-refractivity contribution < 1.29 is 22.1 Å². The van der Waals surface area contributed by atoms with Crippen molar-refractivity contribution in [3.8, 4) is 11.3 Å². The lowest BCUT2D eigenvalue weighted by molar-refractivity contribution is -0.127. The number of nitrogens with zero attached hydrogens (tertiary/aromatic N) is 2. The fourth-order valence-electron chi connectivity index (χ4n) is 3.87. The molecule has 31 heavy (non-hydrogen) atoms. The number of hydrogen-bond acceptors (Lipinski definition) is 5. The Labute approximate surface area is 179 Å². The molecule has 0 saturated carbocycles. The van der Waals surface area contributed by atoms with E-state index in [1.165, 1.54) is 16.4 Å². The third-order valence-corrected chi connectivity index (χ3v) is 7.43. The lowest BCUT2D eigenvalue weighted by atomic mass is 9.82. The number of hydrogen-bond donors (Lipinski definition) is 1. The van der Waals surface area contributed by atoms with E-state index in [-0.39, 0.29) is 31.1 Å². The third kappa shape index (κ3) is 4.52. The van der Waals surface area contributed by atoms with Crippen molar-refractivity contribution in [3.05, 3.63) is 77.8 Å². The number of carbonyl (C=O) groups excluding carboxylic acids is 1. The summed E-state index contributed by atoms with van der Waals surface area (Å²) in [5.41, 5.74) is 6.48. The molecule has 1 aliphatic heterocycles. The molecule has 1 unspecified atom stereocenters. The predicted molar refractivity (Wildman–Crippen MR) is 112 cm³/mol. The van der Waals surface area contributed by atoms with E-state index in [4.69, 9.17) is 10.3 Å². The van der Waals surface area contributed by atoms with Crippen LogP contribution in [-0.2, 0) is 27.0 Å². The van der Waals surface area contributed by atoms with Gasteiger partial charge in [0.05, 0.1) is 11.2 Å². The van der Waals surface area contributed by atoms with Gasteiger partial charge >= 0.3 is 0 Å². The van der Waals surface area contributed by atoms with Crippen molar-refractivity contribution in [2.75, 3.05) is 13.1 Å². The molecule has 2 N–H and O–H groups in total. The fraction of sp³-hybridized carbons (Fsp3) is 0.273. The van der Waals surface area contributed by atoms with Crippen LogP contribution in [0.25, 0.3) is 11.3 Å². The molecule has 0 spiro atoms. The summed E-state index contributed by atoms with van der Waals surface area (Å²) >= 11 is 0. The van der Waals surface area contributed by atoms with E-state index in [0.29, 0.717) is 29.0 Å². The Kier molecular flexibility index (Phi) is 5.63. The van der Waals surface area contributed by atoms with Crippen molar-refractivity contribution in [2.24, 2.45) is 11.1 Å². The molecule has 0 bridgehead atoms. The SMILES string of the molecule is NC(=O)C1(Cc2cc(-c3ccc(F)cc3)no2)CCN(S(=O)(=O)Cc2ccccc2)C1. The highest BCUT2D eigenvalue weighted by Gasteiger charge is 2.47. The molecule has 1 fully saturated rings. The Morgan fingerprint density at radius 3 is 2.55 bits per heavy atom. The lowest BCUT2D eigenvalue weighted by Gasteiger charge is -2.24. The summed E-state index contributed by atoms with van der Waals surface area (Å²) < 4.78 is 45.6. The Morgan fingerprint density at radius 1 is 1.16 bits per heavy atom. The van der Waals surface area contributed by atoms with Crippen LogP contribution < -0.4 is 5.73 Å². The van der Waals surface area contributed by atoms with Crippen molar-refractivity contribution in [2.45, 2.75) is 18.6 Å². The van der Waals surface area contributed by atoms with E-state index in [1.807, 2.05) is 6.07 Å². The first-order valence-corrected chi connectivity index (χ1v) is 11.4. The summed E-state index contributed by atoms with van der Waals surface area (Å²) in [4.78, 5) is 12.4. The number of rotatable bonds is 7. The van der Waals surface area contributed by atoms with E-state index in [0.717, 1.165) is 0 Å². The molecular formula is C22H22FN3O4S. The van der Waals surface area contributed by atoms with Crippen LogP contribution in [0.5, 0.6) is 0 Å². The number of aromatic nitrogens is 1. The van der Waals surface area contributed by atoms with E-state index in [2.05, 4.69) is 5.16 Å². The molecule has 162 valence electrons. The van der Waals surface area contributed by atoms with Crippen LogP contribution in [0.2, 0.25) is 0 Å². The summed E-state index contributed by atoms with van der Waals surface area (Å²) in [5, 5.41) is 3.99. The number of sulfonamides is 1. The van der Waals surface area contributed by atoms with E-state index >= 15 is 0 Å². The van der Waals surface area contributed by atoms with Gasteiger partial charge in [-0.05, 0) is 36.2 Å². The van der Waals surface area contributed by atoms with Gasteiger partial charge in [0.15, 0.2) is 0 Å². The van der Waals surface area contributed by atoms with Crippen LogP contribution in [0.3, 0.4) is 0 Å². The summed E-state index contributed by atoms with van der Waals surface area (Å²) in [5.74, 6) is -0.660. The highest BCUT2D eigenvalue weighted by molar-refractivity contribution is 7.88. The third-order valence-electron chi connectivity index (χ3n) is 5.64. The average Bonchev–Trinajstić information content (AvgIpc) is 3.38. The minimum Gasteiger partial charge on any atom is -0.369 e. The Bertz CT molecular complexity index is 1180. The summed E-state index contributed by atoms with van der Waals surface area (Å²) in [6, 6.07) is 16.3. The van der Waals surface area contributed by atoms with Crippen LogP contribution in [0.4, 0.5) is 4.39 Å². The summed E-state index contributed by atoms with van der Waals surface area (Å²) in [6.45, 7) is 0.196. The molecule has 0 aliphatic carbocycles. The second-order valence-corrected chi connectivity index (χ2v) is 9.80. The van der Waals surface area contributed by atoms with E-state index < -0.39 is 21.3 Å². The van der Waals surface area contributed by atoms with Crippen LogP contribution in [0.15, 0.2) is 65.2 Å². The lowest BCUT2D eigenvalue weighted by Crippen LogP contribution is -2.42. The second-order valence-electron chi connectivity index (χ2n) is 7.83. The molecule has 1 saturated heterocycles. The number of carbonyl (C=O) groups is 1. The number of primary amides is 1. The molecule has 1 aliphatic rings. The van der Waals surface area contributed by atoms with Gasteiger partial charge in [-0.15, -0.1) is 0 Å². The van der Waals surface area contributed by atoms with Gasteiger partial charge in [0, 0.05) is 31.1 Å². The highest BCUT2D eigenvalue weighted by atomic mass is 32.2. The summed E-state index contributed by atoms with van der Waals surface area (Å²) in [7, 11) is -3.61. The van der Waals surface area contributed by atoms with Gasteiger partial charge in [0.25, 0.3) is 0 Å². The van der Waals surface area contributed by atoms with Crippen LogP contribution >= 0.6 is 0 Å². The van der Waals surface area contributed by atoms with Gasteiger partial charge in [-0.25, -0.2) is 17.1 Å². The zero-order chi connectivity index (χ0) is 22.1. The summed E-state index contributed by atoms with van der Waals surface area (Å²) in [6.07, 6.45) is 0.427. The Morgan fingerprint density at radius 2 is 1.87 bits per heavy atom. The van der Waals surface area contributed by atoms with Crippen LogP contribution in [0.1, 0.15) is 17.7 Å². The number of halogens is 1. The first kappa shape index (κ1) is 21.2. The smallest absolute Gasteiger partial charge is 0.225 e. The van der Waals surface area contributed by atoms with Gasteiger partial charge in [-0.2, -0.15) is 0 Å². The van der Waals surface area contributed by atoms with Crippen molar-refractivity contribution >= 4 is 15.9 Å². The number of nitrogens with two attached hydrogens (primary N) is 1. The standard InChI is InChI=1S/C22H22FN3O4S/c23-18-8-6-17(7-9-18)20-12-19(30-25-20)13-22(21(24)27)10-11-26(15-22)31(28,29)14-16-4-2-1-3-5-16/h1-9,12H,10-11,13-15H2,(H2,24,27). The Balaban J connectivity index is 1.51. The quantitative estimate of drug-likeness (QED) is 0.604. The van der Waals surface area contributed by atoms with Crippen molar-refractivity contribution in [1.29, 1.82) is 0 Å². The van der Waals surface area contributed by atoms with Gasteiger partial charge in [0.1, 0.15) is 17.3 Å². The maximum Gasteiger partial charge on any atom is 0.225 e. The molecule has 2 aromatic carbocycles. The second kappa shape index (κ2) is 8.24. The first-order chi connectivity index (χ1) is 14.8. The maximum absolute atomic E-state index is 13.1. The number of amides is 1. The fourth-order valence-corrected chi connectivity index (χ4v) is 5.48. The van der Waals surface area contributed by atoms with Gasteiger partial charge in [-0.3, -0.25) is 4.79 Å². The van der Waals surface area contributed by atoms with Gasteiger partial charge in [-0.1, -0.05) is 35.5 Å². The highest BCUT2D eigenvalue weighted by Crippen LogP contribution is 2.37. The number of benzene rings is 2. The molecule has 0 radical (unpaired) electrons. The molecule has 1 aromatic heterocycles. The van der Waals surface area contributed by atoms with E-state index in [1.54, 1.807) is 42.5 Å². The molecule has 9 heteroatoms. The normalized spacial score (nSPS) is 19.5. The first-order valence-electron chi connectivity index (χ1n) is 9.81. The average molecular weight is 444 g/mol. The van der Waals surface area contributed by atoms with Gasteiger partial charge < -0.3 is 10.3 Å². The predicted octanol–water partition coefficient (Wildman–Crippen LogP) is 2.73. The minimum absolute atomic E-state index is 0.00984. The van der Waals surface area contributed by atoms with E-state index in [9.17, 15) is 17.6 Å². The topological polar surface area (TPSA) is 106 Å².